The first kappa shape index (κ1) is 23.9. The molecule has 1 heterocycles. The van der Waals surface area contributed by atoms with Crippen molar-refractivity contribution in [3.05, 3.63) is 53.6 Å². The Kier molecular flexibility index (Phi) is 7.03. The molecule has 7 nitrogen and oxygen atoms in total. The van der Waals surface area contributed by atoms with Gasteiger partial charge in [0.05, 0.1) is 25.1 Å². The third kappa shape index (κ3) is 5.73. The molecule has 1 N–H and O–H groups in total. The van der Waals surface area contributed by atoms with Crippen LogP contribution in [-0.2, 0) is 14.8 Å². The molecule has 3 rings (SSSR count). The molecule has 32 heavy (non-hydrogen) atoms. The van der Waals surface area contributed by atoms with Crippen molar-refractivity contribution in [3.8, 4) is 11.5 Å². The Morgan fingerprint density at radius 3 is 2.62 bits per heavy atom. The molecule has 0 aromatic heterocycles. The van der Waals surface area contributed by atoms with Gasteiger partial charge in [-0.1, -0.05) is 18.2 Å². The summed E-state index contributed by atoms with van der Waals surface area (Å²) in [5.41, 5.74) is 1.99. The van der Waals surface area contributed by atoms with Gasteiger partial charge < -0.3 is 14.8 Å². The summed E-state index contributed by atoms with van der Waals surface area (Å²) in [7, 11) is -1.85. The molecule has 1 aliphatic rings. The lowest BCUT2D eigenvalue weighted by atomic mass is 9.89. The standard InChI is InChI=1S/C24H32N2O5S/c1-17-9-6-7-10-21(17)26(32(5,28)29)14-8-11-23(27)25-20-16-24(2,3)31-22-15-18(30-4)12-13-19(20)22/h6-7,9-10,12-13,15,20H,8,11,14,16H2,1-5H3,(H,25,27). The second kappa shape index (κ2) is 9.40. The van der Waals surface area contributed by atoms with Gasteiger partial charge in [-0.15, -0.1) is 0 Å². The molecule has 0 spiro atoms. The molecule has 0 saturated heterocycles. The highest BCUT2D eigenvalue weighted by molar-refractivity contribution is 7.92. The Morgan fingerprint density at radius 2 is 1.97 bits per heavy atom. The van der Waals surface area contributed by atoms with Gasteiger partial charge in [0.25, 0.3) is 0 Å². The van der Waals surface area contributed by atoms with E-state index in [0.717, 1.165) is 11.1 Å². The van der Waals surface area contributed by atoms with Gasteiger partial charge in [0, 0.05) is 31.0 Å². The minimum absolute atomic E-state index is 0.118. The van der Waals surface area contributed by atoms with Crippen LogP contribution in [0.5, 0.6) is 11.5 Å². The van der Waals surface area contributed by atoms with Crippen LogP contribution in [0.2, 0.25) is 0 Å². The zero-order chi connectivity index (χ0) is 23.5. The highest BCUT2D eigenvalue weighted by atomic mass is 32.2. The molecule has 174 valence electrons. The van der Waals surface area contributed by atoms with Gasteiger partial charge in [0.15, 0.2) is 0 Å². The minimum Gasteiger partial charge on any atom is -0.497 e. The molecule has 1 amide bonds. The number of carbonyl (C=O) groups excluding carboxylic acids is 1. The van der Waals surface area contributed by atoms with Crippen LogP contribution in [0, 0.1) is 6.92 Å². The van der Waals surface area contributed by atoms with Crippen molar-refractivity contribution in [2.75, 3.05) is 24.2 Å². The van der Waals surface area contributed by atoms with Crippen LogP contribution in [0.15, 0.2) is 42.5 Å². The van der Waals surface area contributed by atoms with E-state index in [1.165, 1.54) is 10.6 Å². The average Bonchev–Trinajstić information content (AvgIpc) is 2.69. The number of anilines is 1. The maximum absolute atomic E-state index is 12.7. The summed E-state index contributed by atoms with van der Waals surface area (Å²) >= 11 is 0. The van der Waals surface area contributed by atoms with Crippen molar-refractivity contribution in [3.63, 3.8) is 0 Å². The smallest absolute Gasteiger partial charge is 0.232 e. The number of sulfonamides is 1. The normalized spacial score (nSPS) is 17.1. The molecule has 1 atom stereocenters. The molecule has 0 bridgehead atoms. The Bertz CT molecular complexity index is 1080. The number of para-hydroxylation sites is 1. The van der Waals surface area contributed by atoms with Crippen molar-refractivity contribution in [2.45, 2.75) is 51.7 Å². The minimum atomic E-state index is -3.45. The van der Waals surface area contributed by atoms with E-state index < -0.39 is 15.6 Å². The summed E-state index contributed by atoms with van der Waals surface area (Å²) in [6.45, 7) is 6.09. The Hall–Kier alpha value is -2.74. The molecule has 0 radical (unpaired) electrons. The van der Waals surface area contributed by atoms with E-state index in [0.29, 0.717) is 30.0 Å². The lowest BCUT2D eigenvalue weighted by Crippen LogP contribution is -2.41. The predicted octanol–water partition coefficient (Wildman–Crippen LogP) is 3.97. The van der Waals surface area contributed by atoms with Crippen LogP contribution in [0.25, 0.3) is 0 Å². The molecule has 8 heteroatoms. The van der Waals surface area contributed by atoms with Gasteiger partial charge in [0.2, 0.25) is 15.9 Å². The Labute approximate surface area is 190 Å². The van der Waals surface area contributed by atoms with Crippen molar-refractivity contribution in [1.82, 2.24) is 5.32 Å². The maximum Gasteiger partial charge on any atom is 0.232 e. The van der Waals surface area contributed by atoms with E-state index in [4.69, 9.17) is 9.47 Å². The number of ether oxygens (including phenoxy) is 2. The van der Waals surface area contributed by atoms with E-state index >= 15 is 0 Å². The zero-order valence-electron chi connectivity index (χ0n) is 19.3. The number of nitrogens with zero attached hydrogens (tertiary/aromatic N) is 1. The van der Waals surface area contributed by atoms with E-state index in [-0.39, 0.29) is 24.9 Å². The molecule has 0 saturated carbocycles. The second-order valence-electron chi connectivity index (χ2n) is 8.81. The molecule has 1 unspecified atom stereocenters. The van der Waals surface area contributed by atoms with E-state index in [9.17, 15) is 13.2 Å². The number of hydrogen-bond acceptors (Lipinski definition) is 5. The topological polar surface area (TPSA) is 84.9 Å². The number of benzene rings is 2. The van der Waals surface area contributed by atoms with E-state index in [1.807, 2.05) is 57.2 Å². The third-order valence-electron chi connectivity index (χ3n) is 5.56. The molecule has 1 aliphatic heterocycles. The van der Waals surface area contributed by atoms with Crippen LogP contribution in [0.1, 0.15) is 50.3 Å². The summed E-state index contributed by atoms with van der Waals surface area (Å²) in [4.78, 5) is 12.7. The van der Waals surface area contributed by atoms with Crippen LogP contribution in [-0.4, -0.2) is 39.8 Å². The number of nitrogens with one attached hydrogen (secondary N) is 1. The first-order chi connectivity index (χ1) is 15.0. The van der Waals surface area contributed by atoms with Crippen molar-refractivity contribution in [2.24, 2.45) is 0 Å². The molecular weight excluding hydrogens is 428 g/mol. The summed E-state index contributed by atoms with van der Waals surface area (Å²) in [5, 5.41) is 3.10. The van der Waals surface area contributed by atoms with E-state index in [2.05, 4.69) is 5.32 Å². The molecule has 2 aromatic carbocycles. The zero-order valence-corrected chi connectivity index (χ0v) is 20.2. The van der Waals surface area contributed by atoms with Gasteiger partial charge in [-0.05, 0) is 51.0 Å². The van der Waals surface area contributed by atoms with Crippen LogP contribution in [0.4, 0.5) is 5.69 Å². The van der Waals surface area contributed by atoms with Gasteiger partial charge >= 0.3 is 0 Å². The van der Waals surface area contributed by atoms with Gasteiger partial charge in [-0.25, -0.2) is 8.42 Å². The van der Waals surface area contributed by atoms with Crippen molar-refractivity contribution >= 4 is 21.6 Å². The summed E-state index contributed by atoms with van der Waals surface area (Å²) < 4.78 is 37.4. The van der Waals surface area contributed by atoms with Crippen LogP contribution in [0.3, 0.4) is 0 Å². The number of methoxy groups -OCH3 is 1. The maximum atomic E-state index is 12.7. The number of carbonyl (C=O) groups is 1. The number of hydrogen-bond donors (Lipinski definition) is 1. The molecule has 2 aromatic rings. The quantitative estimate of drug-likeness (QED) is 0.644. The summed E-state index contributed by atoms with van der Waals surface area (Å²) in [6.07, 6.45) is 2.46. The van der Waals surface area contributed by atoms with Crippen LogP contribution < -0.4 is 19.1 Å². The van der Waals surface area contributed by atoms with Crippen molar-refractivity contribution < 1.29 is 22.7 Å². The Morgan fingerprint density at radius 1 is 1.25 bits per heavy atom. The number of rotatable bonds is 8. The average molecular weight is 461 g/mol. The predicted molar refractivity (Wildman–Crippen MR) is 126 cm³/mol. The molecule has 0 aliphatic carbocycles. The van der Waals surface area contributed by atoms with Gasteiger partial charge in [-0.2, -0.15) is 0 Å². The highest BCUT2D eigenvalue weighted by Gasteiger charge is 2.34. The largest absolute Gasteiger partial charge is 0.497 e. The fourth-order valence-electron chi connectivity index (χ4n) is 4.05. The lowest BCUT2D eigenvalue weighted by Gasteiger charge is -2.38. The number of amides is 1. The SMILES string of the molecule is COc1ccc2c(c1)OC(C)(C)CC2NC(=O)CCCN(c1ccccc1C)S(C)(=O)=O. The van der Waals surface area contributed by atoms with Gasteiger partial charge in [-0.3, -0.25) is 9.10 Å². The number of fused-ring (bicyclic) bond motifs is 1. The summed E-state index contributed by atoms with van der Waals surface area (Å²) in [6, 6.07) is 12.8. The third-order valence-corrected chi connectivity index (χ3v) is 6.74. The van der Waals surface area contributed by atoms with Crippen LogP contribution >= 0.6 is 0 Å². The lowest BCUT2D eigenvalue weighted by molar-refractivity contribution is -0.122. The second-order valence-corrected chi connectivity index (χ2v) is 10.7. The fraction of sp³-hybridized carbons (Fsp3) is 0.458. The molecule has 0 fully saturated rings. The summed E-state index contributed by atoms with van der Waals surface area (Å²) in [5.74, 6) is 1.28. The highest BCUT2D eigenvalue weighted by Crippen LogP contribution is 2.41. The van der Waals surface area contributed by atoms with Gasteiger partial charge in [0.1, 0.15) is 17.1 Å². The first-order valence-electron chi connectivity index (χ1n) is 10.7. The van der Waals surface area contributed by atoms with Crippen molar-refractivity contribution in [1.29, 1.82) is 0 Å². The number of aryl methyl sites for hydroxylation is 1. The monoisotopic (exact) mass is 460 g/mol. The van der Waals surface area contributed by atoms with E-state index in [1.54, 1.807) is 13.2 Å². The molecular formula is C24H32N2O5S. The Balaban J connectivity index is 1.66. The fourth-order valence-corrected chi connectivity index (χ4v) is 5.07. The first-order valence-corrected chi connectivity index (χ1v) is 12.5.